The Labute approximate surface area is 126 Å². The number of thioether (sulfide) groups is 1. The van der Waals surface area contributed by atoms with Crippen molar-refractivity contribution in [2.24, 2.45) is 0 Å². The van der Waals surface area contributed by atoms with Crippen LogP contribution in [0.1, 0.15) is 32.7 Å². The smallest absolute Gasteiger partial charge is 0.192 e. The van der Waals surface area contributed by atoms with Crippen molar-refractivity contribution >= 4 is 17.5 Å². The van der Waals surface area contributed by atoms with Gasteiger partial charge in [0.15, 0.2) is 11.0 Å². The number of Topliss-reactive ketones (excluding diaryl/α,β-unsaturated/α-hetero) is 1. The predicted molar refractivity (Wildman–Crippen MR) is 79.7 cm³/mol. The molecule has 6 heteroatoms. The third-order valence-electron chi connectivity index (χ3n) is 3.55. The van der Waals surface area contributed by atoms with E-state index in [9.17, 15) is 9.18 Å². The van der Waals surface area contributed by atoms with Crippen molar-refractivity contribution in [1.29, 1.82) is 0 Å². The van der Waals surface area contributed by atoms with Gasteiger partial charge in [-0.2, -0.15) is 0 Å². The van der Waals surface area contributed by atoms with Crippen molar-refractivity contribution in [2.75, 3.05) is 0 Å². The monoisotopic (exact) mass is 305 g/mol. The highest BCUT2D eigenvalue weighted by Gasteiger charge is 2.31. The van der Waals surface area contributed by atoms with Gasteiger partial charge < -0.3 is 0 Å². The number of hydrogen-bond donors (Lipinski definition) is 0. The Morgan fingerprint density at radius 2 is 2.10 bits per heavy atom. The summed E-state index contributed by atoms with van der Waals surface area (Å²) in [5.74, 6) is 0.342. The molecule has 0 aliphatic heterocycles. The molecule has 2 aromatic rings. The van der Waals surface area contributed by atoms with Gasteiger partial charge in [0, 0.05) is 6.04 Å². The quantitative estimate of drug-likeness (QED) is 0.793. The maximum Gasteiger partial charge on any atom is 0.192 e. The van der Waals surface area contributed by atoms with Crippen LogP contribution in [-0.2, 0) is 4.79 Å². The van der Waals surface area contributed by atoms with E-state index in [0.717, 1.165) is 12.8 Å². The molecule has 0 amide bonds. The summed E-state index contributed by atoms with van der Waals surface area (Å²) in [7, 11) is 0. The van der Waals surface area contributed by atoms with Crippen molar-refractivity contribution in [2.45, 2.75) is 43.1 Å². The molecule has 0 saturated heterocycles. The highest BCUT2D eigenvalue weighted by atomic mass is 32.2. The highest BCUT2D eigenvalue weighted by molar-refractivity contribution is 8.00. The van der Waals surface area contributed by atoms with Gasteiger partial charge in [0.1, 0.15) is 11.6 Å². The zero-order valence-corrected chi connectivity index (χ0v) is 12.7. The van der Waals surface area contributed by atoms with Crippen molar-refractivity contribution in [3.05, 3.63) is 30.1 Å². The van der Waals surface area contributed by atoms with Gasteiger partial charge in [0.05, 0.1) is 10.8 Å². The first kappa shape index (κ1) is 14.3. The van der Waals surface area contributed by atoms with Crippen LogP contribution in [0.4, 0.5) is 4.39 Å². The number of aromatic nitrogens is 3. The Balaban J connectivity index is 2.01. The molecule has 1 saturated carbocycles. The minimum Gasteiger partial charge on any atom is -0.299 e. The van der Waals surface area contributed by atoms with Crippen LogP contribution in [0, 0.1) is 5.82 Å². The molecule has 1 atom stereocenters. The predicted octanol–water partition coefficient (Wildman–Crippen LogP) is 3.49. The Hall–Kier alpha value is -1.69. The maximum absolute atomic E-state index is 14.0. The van der Waals surface area contributed by atoms with Crippen LogP contribution < -0.4 is 0 Å². The van der Waals surface area contributed by atoms with Crippen molar-refractivity contribution in [3.8, 4) is 11.4 Å². The lowest BCUT2D eigenvalue weighted by molar-refractivity contribution is -0.116. The van der Waals surface area contributed by atoms with Gasteiger partial charge in [0.2, 0.25) is 0 Å². The number of carbonyl (C=O) groups excluding carboxylic acids is 1. The Bertz CT molecular complexity index is 681. The normalized spacial score (nSPS) is 16.0. The van der Waals surface area contributed by atoms with Crippen molar-refractivity contribution in [3.63, 3.8) is 0 Å². The molecule has 3 rings (SSSR count). The zero-order chi connectivity index (χ0) is 15.0. The van der Waals surface area contributed by atoms with Crippen LogP contribution in [-0.4, -0.2) is 25.8 Å². The summed E-state index contributed by atoms with van der Waals surface area (Å²) in [4.78, 5) is 11.4. The molecule has 0 N–H and O–H groups in total. The second-order valence-corrected chi connectivity index (χ2v) is 6.57. The fraction of sp³-hybridized carbons (Fsp3) is 0.400. The molecular weight excluding hydrogens is 289 g/mol. The van der Waals surface area contributed by atoms with E-state index in [2.05, 4.69) is 10.2 Å². The molecule has 1 aliphatic carbocycles. The molecule has 0 bridgehead atoms. The average Bonchev–Trinajstić information content (AvgIpc) is 3.21. The summed E-state index contributed by atoms with van der Waals surface area (Å²) in [6.07, 6.45) is 2.09. The van der Waals surface area contributed by atoms with Gasteiger partial charge in [-0.25, -0.2) is 4.39 Å². The Morgan fingerprint density at radius 3 is 2.71 bits per heavy atom. The van der Waals surface area contributed by atoms with Gasteiger partial charge in [-0.15, -0.1) is 10.2 Å². The fourth-order valence-corrected chi connectivity index (χ4v) is 3.01. The summed E-state index contributed by atoms with van der Waals surface area (Å²) in [5.41, 5.74) is 0.458. The lowest BCUT2D eigenvalue weighted by Gasteiger charge is -2.11. The largest absolute Gasteiger partial charge is 0.299 e. The molecule has 21 heavy (non-hydrogen) atoms. The van der Waals surface area contributed by atoms with Crippen molar-refractivity contribution in [1.82, 2.24) is 14.8 Å². The lowest BCUT2D eigenvalue weighted by atomic mass is 10.2. The molecule has 110 valence electrons. The standard InChI is InChI=1S/C15H16FN3OS/c1-9(20)10(2)21-15-18-17-14(19(15)11-7-8-11)12-5-3-4-6-13(12)16/h3-6,10-11H,7-8H2,1-2H3/t10-/m1/s1. The van der Waals surface area contributed by atoms with Gasteiger partial charge in [0.25, 0.3) is 0 Å². The summed E-state index contributed by atoms with van der Waals surface area (Å²) < 4.78 is 16.0. The third-order valence-corrected chi connectivity index (χ3v) is 4.72. The number of rotatable bonds is 5. The lowest BCUT2D eigenvalue weighted by Crippen LogP contribution is -2.10. The van der Waals surface area contributed by atoms with E-state index in [1.807, 2.05) is 11.5 Å². The van der Waals surface area contributed by atoms with Gasteiger partial charge in [-0.05, 0) is 38.8 Å². The summed E-state index contributed by atoms with van der Waals surface area (Å²) >= 11 is 1.39. The molecule has 1 aromatic heterocycles. The second kappa shape index (κ2) is 5.60. The van der Waals surface area contributed by atoms with Crippen LogP contribution >= 0.6 is 11.8 Å². The number of benzene rings is 1. The van der Waals surface area contributed by atoms with Crippen LogP contribution in [0.3, 0.4) is 0 Å². The van der Waals surface area contributed by atoms with Crippen LogP contribution in [0.15, 0.2) is 29.4 Å². The summed E-state index contributed by atoms with van der Waals surface area (Å²) in [6, 6.07) is 6.89. The van der Waals surface area contributed by atoms with E-state index in [1.165, 1.54) is 17.8 Å². The van der Waals surface area contributed by atoms with E-state index in [4.69, 9.17) is 0 Å². The van der Waals surface area contributed by atoms with Crippen molar-refractivity contribution < 1.29 is 9.18 Å². The minimum atomic E-state index is -0.303. The molecule has 0 spiro atoms. The van der Waals surface area contributed by atoms with Gasteiger partial charge in [-0.1, -0.05) is 23.9 Å². The summed E-state index contributed by atoms with van der Waals surface area (Å²) in [5, 5.41) is 8.85. The van der Waals surface area contributed by atoms with Crippen LogP contribution in [0.5, 0.6) is 0 Å². The van der Waals surface area contributed by atoms with E-state index in [1.54, 1.807) is 25.1 Å². The first-order valence-electron chi connectivity index (χ1n) is 6.95. The highest BCUT2D eigenvalue weighted by Crippen LogP contribution is 2.42. The minimum absolute atomic E-state index is 0.0952. The molecular formula is C15H16FN3OS. The molecule has 1 aromatic carbocycles. The summed E-state index contributed by atoms with van der Waals surface area (Å²) in [6.45, 7) is 3.41. The topological polar surface area (TPSA) is 47.8 Å². The number of halogens is 1. The van der Waals surface area contributed by atoms with E-state index < -0.39 is 0 Å². The molecule has 0 radical (unpaired) electrons. The van der Waals surface area contributed by atoms with Gasteiger partial charge in [-0.3, -0.25) is 9.36 Å². The number of nitrogens with zero attached hydrogens (tertiary/aromatic N) is 3. The Morgan fingerprint density at radius 1 is 1.38 bits per heavy atom. The number of ketones is 1. The van der Waals surface area contributed by atoms with E-state index >= 15 is 0 Å². The SMILES string of the molecule is CC(=O)[C@@H](C)Sc1nnc(-c2ccccc2F)n1C1CC1. The molecule has 1 aliphatic rings. The Kier molecular flexibility index (Phi) is 3.80. The van der Waals surface area contributed by atoms with Crippen LogP contribution in [0.25, 0.3) is 11.4 Å². The first-order valence-corrected chi connectivity index (χ1v) is 7.83. The average molecular weight is 305 g/mol. The number of hydrogen-bond acceptors (Lipinski definition) is 4. The fourth-order valence-electron chi connectivity index (χ4n) is 2.09. The molecule has 1 fully saturated rings. The molecule has 0 unspecified atom stereocenters. The number of carbonyl (C=O) groups is 1. The molecule has 1 heterocycles. The first-order chi connectivity index (χ1) is 10.1. The van der Waals surface area contributed by atoms with Crippen LogP contribution in [0.2, 0.25) is 0 Å². The maximum atomic E-state index is 14.0. The van der Waals surface area contributed by atoms with E-state index in [-0.39, 0.29) is 16.9 Å². The van der Waals surface area contributed by atoms with Gasteiger partial charge >= 0.3 is 0 Å². The zero-order valence-electron chi connectivity index (χ0n) is 11.9. The third kappa shape index (κ3) is 2.85. The molecule has 4 nitrogen and oxygen atoms in total. The van der Waals surface area contributed by atoms with E-state index in [0.29, 0.717) is 22.6 Å². The second-order valence-electron chi connectivity index (χ2n) is 5.26.